The Morgan fingerprint density at radius 1 is 1.29 bits per heavy atom. The van der Waals surface area contributed by atoms with Gasteiger partial charge < -0.3 is 14.6 Å². The molecule has 1 rings (SSSR count). The summed E-state index contributed by atoms with van der Waals surface area (Å²) in [5.74, 6) is -1.99. The Hall–Kier alpha value is -1.56. The first-order valence-electron chi connectivity index (χ1n) is 4.62. The Labute approximate surface area is 106 Å². The van der Waals surface area contributed by atoms with E-state index in [-0.39, 0.29) is 15.8 Å². The number of carboxylic acids is 1. The highest BCUT2D eigenvalue weighted by Gasteiger charge is 2.26. The van der Waals surface area contributed by atoms with Gasteiger partial charge in [-0.25, -0.2) is 4.79 Å². The SMILES string of the molecule is COc1cc(C)c(OC)c(Br)c1C(=O)C(=O)O. The van der Waals surface area contributed by atoms with Crippen LogP contribution in [-0.2, 0) is 4.79 Å². The van der Waals surface area contributed by atoms with Crippen molar-refractivity contribution in [3.05, 3.63) is 21.7 Å². The molecule has 0 heterocycles. The summed E-state index contributed by atoms with van der Waals surface area (Å²) in [7, 11) is 2.81. The molecule has 1 N–H and O–H groups in total. The fourth-order valence-electron chi connectivity index (χ4n) is 1.46. The lowest BCUT2D eigenvalue weighted by Crippen LogP contribution is -2.15. The molecule has 17 heavy (non-hydrogen) atoms. The number of Topliss-reactive ketones (excluding diaryl/α,β-unsaturated/α-hetero) is 1. The summed E-state index contributed by atoms with van der Waals surface area (Å²) in [6.45, 7) is 1.77. The van der Waals surface area contributed by atoms with Gasteiger partial charge in [0.2, 0.25) is 0 Å². The topological polar surface area (TPSA) is 72.8 Å². The summed E-state index contributed by atoms with van der Waals surface area (Å²) >= 11 is 3.16. The van der Waals surface area contributed by atoms with Crippen LogP contribution in [-0.4, -0.2) is 31.1 Å². The van der Waals surface area contributed by atoms with E-state index < -0.39 is 11.8 Å². The summed E-state index contributed by atoms with van der Waals surface area (Å²) in [4.78, 5) is 22.3. The summed E-state index contributed by atoms with van der Waals surface area (Å²) < 4.78 is 10.4. The zero-order chi connectivity index (χ0) is 13.2. The van der Waals surface area contributed by atoms with Crippen LogP contribution in [0, 0.1) is 6.92 Å². The quantitative estimate of drug-likeness (QED) is 0.680. The van der Waals surface area contributed by atoms with Crippen molar-refractivity contribution in [3.63, 3.8) is 0 Å². The van der Waals surface area contributed by atoms with E-state index in [9.17, 15) is 9.59 Å². The maximum Gasteiger partial charge on any atom is 0.377 e. The predicted octanol–water partition coefficient (Wildman–Crippen LogP) is 2.04. The van der Waals surface area contributed by atoms with E-state index in [0.717, 1.165) is 5.56 Å². The van der Waals surface area contributed by atoms with Crippen molar-refractivity contribution in [2.75, 3.05) is 14.2 Å². The van der Waals surface area contributed by atoms with E-state index in [0.29, 0.717) is 5.75 Å². The van der Waals surface area contributed by atoms with Crippen LogP contribution in [0.15, 0.2) is 10.5 Å². The van der Waals surface area contributed by atoms with Gasteiger partial charge in [-0.1, -0.05) is 0 Å². The Morgan fingerprint density at radius 2 is 1.88 bits per heavy atom. The minimum absolute atomic E-state index is 0.0533. The number of carbonyl (C=O) groups excluding carboxylic acids is 1. The highest BCUT2D eigenvalue weighted by atomic mass is 79.9. The largest absolute Gasteiger partial charge is 0.496 e. The number of methoxy groups -OCH3 is 2. The molecular weight excluding hydrogens is 292 g/mol. The lowest BCUT2D eigenvalue weighted by atomic mass is 10.1. The lowest BCUT2D eigenvalue weighted by molar-refractivity contribution is -0.131. The number of benzene rings is 1. The number of carbonyl (C=O) groups is 2. The highest BCUT2D eigenvalue weighted by molar-refractivity contribution is 9.10. The fourth-order valence-corrected chi connectivity index (χ4v) is 2.31. The Morgan fingerprint density at radius 3 is 2.29 bits per heavy atom. The number of aryl methyl sites for hydroxylation is 1. The molecule has 5 nitrogen and oxygen atoms in total. The van der Waals surface area contributed by atoms with Gasteiger partial charge in [-0.3, -0.25) is 4.79 Å². The molecule has 0 amide bonds. The summed E-state index contributed by atoms with van der Waals surface area (Å²) in [6.07, 6.45) is 0. The third-order valence-corrected chi connectivity index (χ3v) is 2.97. The first-order valence-corrected chi connectivity index (χ1v) is 5.42. The molecule has 0 unspecified atom stereocenters. The van der Waals surface area contributed by atoms with Gasteiger partial charge >= 0.3 is 5.97 Å². The molecule has 1 aromatic carbocycles. The van der Waals surface area contributed by atoms with E-state index in [1.165, 1.54) is 14.2 Å². The summed E-state index contributed by atoms with van der Waals surface area (Å²) in [6, 6.07) is 1.56. The second kappa shape index (κ2) is 5.18. The van der Waals surface area contributed by atoms with Crippen molar-refractivity contribution >= 4 is 27.7 Å². The van der Waals surface area contributed by atoms with Crippen LogP contribution in [0.5, 0.6) is 11.5 Å². The summed E-state index contributed by atoms with van der Waals surface area (Å²) in [5, 5.41) is 8.75. The van der Waals surface area contributed by atoms with E-state index in [2.05, 4.69) is 15.9 Å². The molecule has 0 aliphatic rings. The molecular formula is C11H11BrO5. The van der Waals surface area contributed by atoms with Crippen LogP contribution in [0.25, 0.3) is 0 Å². The molecule has 0 saturated carbocycles. The maximum atomic E-state index is 11.6. The van der Waals surface area contributed by atoms with Gasteiger partial charge in [-0.05, 0) is 34.5 Å². The number of aliphatic carboxylic acids is 1. The number of ketones is 1. The molecule has 0 atom stereocenters. The molecule has 0 aliphatic carbocycles. The third-order valence-electron chi connectivity index (χ3n) is 2.22. The van der Waals surface area contributed by atoms with Crippen LogP contribution in [0.1, 0.15) is 15.9 Å². The molecule has 0 radical (unpaired) electrons. The predicted molar refractivity (Wildman–Crippen MR) is 63.9 cm³/mol. The average molecular weight is 303 g/mol. The standard InChI is InChI=1S/C11H11BrO5/c1-5-4-6(16-2)7(9(13)11(14)15)8(12)10(5)17-3/h4H,1-3H3,(H,14,15). The molecule has 0 aromatic heterocycles. The van der Waals surface area contributed by atoms with Gasteiger partial charge in [-0.15, -0.1) is 0 Å². The molecule has 0 fully saturated rings. The minimum Gasteiger partial charge on any atom is -0.496 e. The first kappa shape index (κ1) is 13.5. The zero-order valence-electron chi connectivity index (χ0n) is 9.54. The van der Waals surface area contributed by atoms with Crippen LogP contribution < -0.4 is 9.47 Å². The molecule has 92 valence electrons. The van der Waals surface area contributed by atoms with Gasteiger partial charge in [0.05, 0.1) is 24.3 Å². The van der Waals surface area contributed by atoms with Gasteiger partial charge in [0, 0.05) is 0 Å². The van der Waals surface area contributed by atoms with Crippen molar-refractivity contribution in [3.8, 4) is 11.5 Å². The summed E-state index contributed by atoms with van der Waals surface area (Å²) in [5.41, 5.74) is 0.681. The molecule has 6 heteroatoms. The number of halogens is 1. The molecule has 0 spiro atoms. The Kier molecular flexibility index (Phi) is 4.11. The molecule has 0 saturated heterocycles. The number of carboxylic acid groups (broad SMARTS) is 1. The number of hydrogen-bond donors (Lipinski definition) is 1. The van der Waals surface area contributed by atoms with Crippen molar-refractivity contribution < 1.29 is 24.2 Å². The van der Waals surface area contributed by atoms with E-state index >= 15 is 0 Å². The third kappa shape index (κ3) is 2.41. The van der Waals surface area contributed by atoms with Crippen molar-refractivity contribution in [1.29, 1.82) is 0 Å². The van der Waals surface area contributed by atoms with Gasteiger partial charge in [0.1, 0.15) is 11.5 Å². The van der Waals surface area contributed by atoms with Crippen molar-refractivity contribution in [2.45, 2.75) is 6.92 Å². The maximum absolute atomic E-state index is 11.6. The molecule has 0 aliphatic heterocycles. The second-order valence-electron chi connectivity index (χ2n) is 3.25. The van der Waals surface area contributed by atoms with Gasteiger partial charge in [0.15, 0.2) is 0 Å². The number of ether oxygens (including phenoxy) is 2. The monoisotopic (exact) mass is 302 g/mol. The zero-order valence-corrected chi connectivity index (χ0v) is 11.1. The Balaban J connectivity index is 3.56. The van der Waals surface area contributed by atoms with E-state index in [1.54, 1.807) is 13.0 Å². The fraction of sp³-hybridized carbons (Fsp3) is 0.273. The van der Waals surface area contributed by atoms with Gasteiger partial charge in [0.25, 0.3) is 5.78 Å². The van der Waals surface area contributed by atoms with Crippen LogP contribution in [0.3, 0.4) is 0 Å². The number of rotatable bonds is 4. The van der Waals surface area contributed by atoms with Crippen molar-refractivity contribution in [1.82, 2.24) is 0 Å². The Bertz CT molecular complexity index is 481. The minimum atomic E-state index is -1.55. The molecule has 0 bridgehead atoms. The normalized spacial score (nSPS) is 9.88. The average Bonchev–Trinajstić information content (AvgIpc) is 2.27. The number of hydrogen-bond acceptors (Lipinski definition) is 4. The lowest BCUT2D eigenvalue weighted by Gasteiger charge is -2.14. The van der Waals surface area contributed by atoms with Crippen LogP contribution >= 0.6 is 15.9 Å². The van der Waals surface area contributed by atoms with E-state index in [4.69, 9.17) is 14.6 Å². The van der Waals surface area contributed by atoms with Crippen molar-refractivity contribution in [2.24, 2.45) is 0 Å². The van der Waals surface area contributed by atoms with Crippen LogP contribution in [0.2, 0.25) is 0 Å². The second-order valence-corrected chi connectivity index (χ2v) is 4.05. The smallest absolute Gasteiger partial charge is 0.377 e. The molecule has 1 aromatic rings. The highest BCUT2D eigenvalue weighted by Crippen LogP contribution is 2.38. The van der Waals surface area contributed by atoms with Gasteiger partial charge in [-0.2, -0.15) is 0 Å². The first-order chi connectivity index (χ1) is 7.93. The van der Waals surface area contributed by atoms with Crippen LogP contribution in [0.4, 0.5) is 0 Å². The van der Waals surface area contributed by atoms with E-state index in [1.807, 2.05) is 0 Å².